The normalized spacial score (nSPS) is 19.4. The molecule has 2 heteroatoms. The van der Waals surface area contributed by atoms with Crippen LogP contribution in [-0.2, 0) is 0 Å². The van der Waals surface area contributed by atoms with Crippen molar-refractivity contribution in [2.45, 2.75) is 34.1 Å². The number of hydrogen-bond donors (Lipinski definition) is 1. The fraction of sp³-hybridized carbons (Fsp3) is 0.778. The maximum Gasteiger partial charge on any atom is 0.0448 e. The molecule has 0 saturated carbocycles. The van der Waals surface area contributed by atoms with Gasteiger partial charge >= 0.3 is 0 Å². The van der Waals surface area contributed by atoms with E-state index in [1.807, 2.05) is 13.8 Å². The lowest BCUT2D eigenvalue weighted by molar-refractivity contribution is -0.0854. The molecule has 0 bridgehead atoms. The summed E-state index contributed by atoms with van der Waals surface area (Å²) in [7, 11) is 0. The van der Waals surface area contributed by atoms with Crippen molar-refractivity contribution in [3.05, 3.63) is 11.1 Å². The van der Waals surface area contributed by atoms with Gasteiger partial charge in [-0.25, -0.2) is 0 Å². The van der Waals surface area contributed by atoms with Crippen molar-refractivity contribution in [2.75, 3.05) is 13.1 Å². The molecular formula is C9H19NO. The van der Waals surface area contributed by atoms with Crippen LogP contribution >= 0.6 is 0 Å². The summed E-state index contributed by atoms with van der Waals surface area (Å²) in [5, 5.41) is 10.4. The van der Waals surface area contributed by atoms with Gasteiger partial charge in [-0.2, -0.15) is 5.06 Å². The molecule has 1 N–H and O–H groups in total. The van der Waals surface area contributed by atoms with E-state index in [0.717, 1.165) is 19.5 Å². The minimum absolute atomic E-state index is 0.728. The summed E-state index contributed by atoms with van der Waals surface area (Å²) in [4.78, 5) is 0. The third-order valence-corrected chi connectivity index (χ3v) is 1.89. The smallest absolute Gasteiger partial charge is 0.0448 e. The zero-order chi connectivity index (χ0) is 8.85. The summed E-state index contributed by atoms with van der Waals surface area (Å²) in [6.45, 7) is 9.72. The molecule has 1 aliphatic heterocycles. The van der Waals surface area contributed by atoms with Crippen LogP contribution in [0.3, 0.4) is 0 Å². The topological polar surface area (TPSA) is 23.5 Å². The first-order chi connectivity index (χ1) is 5.20. The first-order valence-electron chi connectivity index (χ1n) is 4.29. The SMILES string of the molecule is CC.CC1=C(C)CN(O)CC1. The molecule has 0 spiro atoms. The summed E-state index contributed by atoms with van der Waals surface area (Å²) < 4.78 is 0. The molecule has 0 amide bonds. The fourth-order valence-corrected chi connectivity index (χ4v) is 0.998. The predicted octanol–water partition coefficient (Wildman–Crippen LogP) is 2.44. The van der Waals surface area contributed by atoms with Crippen molar-refractivity contribution in [1.29, 1.82) is 0 Å². The van der Waals surface area contributed by atoms with Crippen molar-refractivity contribution in [3.63, 3.8) is 0 Å². The molecule has 0 aromatic heterocycles. The third kappa shape index (κ3) is 3.54. The van der Waals surface area contributed by atoms with Crippen LogP contribution in [0.4, 0.5) is 0 Å². The summed E-state index contributed by atoms with van der Waals surface area (Å²) in [6.07, 6.45) is 1.02. The van der Waals surface area contributed by atoms with Gasteiger partial charge in [-0.15, -0.1) is 0 Å². The van der Waals surface area contributed by atoms with Gasteiger partial charge in [0, 0.05) is 13.1 Å². The number of hydroxylamine groups is 2. The Bertz CT molecular complexity index is 140. The molecule has 0 fully saturated rings. The molecule has 0 aromatic carbocycles. The Hall–Kier alpha value is -0.340. The highest BCUT2D eigenvalue weighted by atomic mass is 16.5. The van der Waals surface area contributed by atoms with Crippen LogP contribution in [0.1, 0.15) is 34.1 Å². The van der Waals surface area contributed by atoms with Gasteiger partial charge in [-0.1, -0.05) is 25.0 Å². The summed E-state index contributed by atoms with van der Waals surface area (Å²) in [6, 6.07) is 0. The van der Waals surface area contributed by atoms with Crippen LogP contribution in [0.2, 0.25) is 0 Å². The molecule has 1 heterocycles. The minimum atomic E-state index is 0.728. The predicted molar refractivity (Wildman–Crippen MR) is 47.7 cm³/mol. The molecule has 11 heavy (non-hydrogen) atoms. The molecule has 66 valence electrons. The molecule has 0 atom stereocenters. The van der Waals surface area contributed by atoms with E-state index in [0.29, 0.717) is 0 Å². The Kier molecular flexibility index (Phi) is 5.16. The van der Waals surface area contributed by atoms with E-state index in [1.54, 1.807) is 0 Å². The highest BCUT2D eigenvalue weighted by molar-refractivity contribution is 5.13. The van der Waals surface area contributed by atoms with E-state index in [-0.39, 0.29) is 0 Å². The average molecular weight is 157 g/mol. The van der Waals surface area contributed by atoms with Gasteiger partial charge in [0.1, 0.15) is 0 Å². The zero-order valence-corrected chi connectivity index (χ0v) is 8.02. The maximum absolute atomic E-state index is 9.00. The van der Waals surface area contributed by atoms with Gasteiger partial charge < -0.3 is 5.21 Å². The van der Waals surface area contributed by atoms with Crippen molar-refractivity contribution in [2.24, 2.45) is 0 Å². The van der Waals surface area contributed by atoms with Gasteiger partial charge in [0.25, 0.3) is 0 Å². The lowest BCUT2D eigenvalue weighted by atomic mass is 10.1. The molecule has 2 nitrogen and oxygen atoms in total. The average Bonchev–Trinajstić information content (AvgIpc) is 2.02. The van der Waals surface area contributed by atoms with Crippen molar-refractivity contribution in [3.8, 4) is 0 Å². The first-order valence-corrected chi connectivity index (χ1v) is 4.29. The zero-order valence-electron chi connectivity index (χ0n) is 8.02. The Morgan fingerprint density at radius 3 is 2.09 bits per heavy atom. The van der Waals surface area contributed by atoms with Gasteiger partial charge in [0.15, 0.2) is 0 Å². The lowest BCUT2D eigenvalue weighted by Gasteiger charge is -2.22. The second-order valence-electron chi connectivity index (χ2n) is 2.70. The fourth-order valence-electron chi connectivity index (χ4n) is 0.998. The van der Waals surface area contributed by atoms with Crippen LogP contribution in [0.25, 0.3) is 0 Å². The van der Waals surface area contributed by atoms with E-state index in [2.05, 4.69) is 13.8 Å². The lowest BCUT2D eigenvalue weighted by Crippen LogP contribution is -2.27. The molecule has 0 unspecified atom stereocenters. The monoisotopic (exact) mass is 157 g/mol. The van der Waals surface area contributed by atoms with Gasteiger partial charge in [-0.3, -0.25) is 0 Å². The highest BCUT2D eigenvalue weighted by Crippen LogP contribution is 2.14. The number of rotatable bonds is 0. The van der Waals surface area contributed by atoms with Crippen molar-refractivity contribution in [1.82, 2.24) is 5.06 Å². The molecular weight excluding hydrogens is 138 g/mol. The van der Waals surface area contributed by atoms with Gasteiger partial charge in [0.05, 0.1) is 0 Å². The third-order valence-electron chi connectivity index (χ3n) is 1.89. The second kappa shape index (κ2) is 5.33. The molecule has 0 aromatic rings. The highest BCUT2D eigenvalue weighted by Gasteiger charge is 2.09. The summed E-state index contributed by atoms with van der Waals surface area (Å²) in [5.41, 5.74) is 2.74. The van der Waals surface area contributed by atoms with Gasteiger partial charge in [0.2, 0.25) is 0 Å². The van der Waals surface area contributed by atoms with Crippen molar-refractivity contribution >= 4 is 0 Å². The first kappa shape index (κ1) is 10.7. The minimum Gasteiger partial charge on any atom is -0.314 e. The number of nitrogens with zero attached hydrogens (tertiary/aromatic N) is 1. The van der Waals surface area contributed by atoms with E-state index < -0.39 is 0 Å². The van der Waals surface area contributed by atoms with Crippen LogP contribution in [0.5, 0.6) is 0 Å². The molecule has 0 aliphatic carbocycles. The molecule has 1 rings (SSSR count). The molecule has 0 saturated heterocycles. The van der Waals surface area contributed by atoms with Crippen LogP contribution in [0, 0.1) is 0 Å². The molecule has 0 radical (unpaired) electrons. The Balaban J connectivity index is 0.000000461. The summed E-state index contributed by atoms with van der Waals surface area (Å²) in [5.74, 6) is 0. The quantitative estimate of drug-likeness (QED) is 0.546. The van der Waals surface area contributed by atoms with Gasteiger partial charge in [-0.05, 0) is 20.3 Å². The largest absolute Gasteiger partial charge is 0.314 e. The Morgan fingerprint density at radius 1 is 1.18 bits per heavy atom. The standard InChI is InChI=1S/C7H13NO.C2H6/c1-6-3-4-8(9)5-7(6)2;1-2/h9H,3-5H2,1-2H3;1-2H3. The Morgan fingerprint density at radius 2 is 1.73 bits per heavy atom. The van der Waals surface area contributed by atoms with E-state index in [9.17, 15) is 0 Å². The van der Waals surface area contributed by atoms with E-state index >= 15 is 0 Å². The van der Waals surface area contributed by atoms with Crippen molar-refractivity contribution < 1.29 is 5.21 Å². The van der Waals surface area contributed by atoms with Crippen LogP contribution < -0.4 is 0 Å². The molecule has 1 aliphatic rings. The van der Waals surface area contributed by atoms with E-state index in [1.165, 1.54) is 16.2 Å². The number of hydrogen-bond acceptors (Lipinski definition) is 2. The van der Waals surface area contributed by atoms with E-state index in [4.69, 9.17) is 5.21 Å². The second-order valence-corrected chi connectivity index (χ2v) is 2.70. The van der Waals surface area contributed by atoms with Crippen LogP contribution in [-0.4, -0.2) is 23.4 Å². The summed E-state index contributed by atoms with van der Waals surface area (Å²) >= 11 is 0. The maximum atomic E-state index is 9.00. The van der Waals surface area contributed by atoms with Crippen LogP contribution in [0.15, 0.2) is 11.1 Å². The Labute approximate surface area is 69.5 Å².